The minimum atomic E-state index is -0.343. The van der Waals surface area contributed by atoms with Crippen LogP contribution in [0.5, 0.6) is 5.75 Å². The molecule has 0 atom stereocenters. The average Bonchev–Trinajstić information content (AvgIpc) is 2.38. The van der Waals surface area contributed by atoms with Gasteiger partial charge in [-0.15, -0.1) is 0 Å². The van der Waals surface area contributed by atoms with Crippen molar-refractivity contribution in [3.63, 3.8) is 0 Å². The Morgan fingerprint density at radius 1 is 1.17 bits per heavy atom. The molecular formula is C14H11BrClFO. The molecule has 4 heteroatoms. The number of rotatable bonds is 4. The van der Waals surface area contributed by atoms with Gasteiger partial charge in [-0.25, -0.2) is 4.39 Å². The number of benzene rings is 2. The molecule has 2 rings (SSSR count). The Hall–Kier alpha value is -1.06. The molecule has 2 aromatic rings. The number of hydrogen-bond donors (Lipinski definition) is 0. The third-order valence-corrected chi connectivity index (χ3v) is 3.46. The van der Waals surface area contributed by atoms with Crippen LogP contribution in [0.2, 0.25) is 5.02 Å². The Kier molecular flexibility index (Phi) is 4.61. The van der Waals surface area contributed by atoms with Crippen LogP contribution in [0, 0.1) is 5.82 Å². The van der Waals surface area contributed by atoms with Crippen LogP contribution in [-0.4, -0.2) is 0 Å². The zero-order chi connectivity index (χ0) is 13.0. The molecule has 0 aliphatic heterocycles. The van der Waals surface area contributed by atoms with E-state index >= 15 is 0 Å². The molecule has 0 amide bonds. The topological polar surface area (TPSA) is 9.23 Å². The van der Waals surface area contributed by atoms with Gasteiger partial charge in [-0.05, 0) is 29.8 Å². The first-order valence-corrected chi connectivity index (χ1v) is 6.90. The summed E-state index contributed by atoms with van der Waals surface area (Å²) in [6.45, 7) is 0.324. The van der Waals surface area contributed by atoms with Crippen molar-refractivity contribution in [3.05, 3.63) is 64.4 Å². The van der Waals surface area contributed by atoms with Crippen molar-refractivity contribution in [1.29, 1.82) is 0 Å². The van der Waals surface area contributed by atoms with Gasteiger partial charge in [0.05, 0.1) is 5.02 Å². The van der Waals surface area contributed by atoms with Crippen LogP contribution < -0.4 is 4.74 Å². The monoisotopic (exact) mass is 328 g/mol. The maximum Gasteiger partial charge on any atom is 0.124 e. The summed E-state index contributed by atoms with van der Waals surface area (Å²) >= 11 is 9.32. The highest BCUT2D eigenvalue weighted by Crippen LogP contribution is 2.21. The summed E-state index contributed by atoms with van der Waals surface area (Å²) in [6, 6.07) is 12.1. The fraction of sp³-hybridized carbons (Fsp3) is 0.143. The van der Waals surface area contributed by atoms with Gasteiger partial charge in [0.25, 0.3) is 0 Å². The highest BCUT2D eigenvalue weighted by molar-refractivity contribution is 9.08. The van der Waals surface area contributed by atoms with Gasteiger partial charge in [0.2, 0.25) is 0 Å². The normalized spacial score (nSPS) is 10.4. The predicted octanol–water partition coefficient (Wildman–Crippen LogP) is 4.95. The molecule has 94 valence electrons. The third-order valence-electron chi connectivity index (χ3n) is 2.46. The summed E-state index contributed by atoms with van der Waals surface area (Å²) in [7, 11) is 0. The van der Waals surface area contributed by atoms with Gasteiger partial charge in [-0.1, -0.05) is 45.7 Å². The van der Waals surface area contributed by atoms with E-state index in [1.165, 1.54) is 12.1 Å². The van der Waals surface area contributed by atoms with Crippen molar-refractivity contribution in [2.75, 3.05) is 0 Å². The first kappa shape index (κ1) is 13.4. The van der Waals surface area contributed by atoms with E-state index in [0.29, 0.717) is 11.6 Å². The van der Waals surface area contributed by atoms with Gasteiger partial charge in [-0.3, -0.25) is 0 Å². The molecule has 0 saturated carbocycles. The van der Waals surface area contributed by atoms with Crippen LogP contribution in [0.4, 0.5) is 4.39 Å². The van der Waals surface area contributed by atoms with Crippen LogP contribution in [0.15, 0.2) is 42.5 Å². The van der Waals surface area contributed by atoms with Crippen molar-refractivity contribution < 1.29 is 9.13 Å². The van der Waals surface area contributed by atoms with Crippen molar-refractivity contribution in [2.24, 2.45) is 0 Å². The Morgan fingerprint density at radius 3 is 2.72 bits per heavy atom. The number of ether oxygens (including phenoxy) is 1. The largest absolute Gasteiger partial charge is 0.489 e. The molecule has 0 aliphatic rings. The van der Waals surface area contributed by atoms with Gasteiger partial charge in [0, 0.05) is 10.9 Å². The number of hydrogen-bond acceptors (Lipinski definition) is 1. The summed E-state index contributed by atoms with van der Waals surface area (Å²) in [5, 5.41) is 1.16. The van der Waals surface area contributed by atoms with Crippen LogP contribution in [0.1, 0.15) is 11.1 Å². The van der Waals surface area contributed by atoms with Gasteiger partial charge in [0.1, 0.15) is 18.2 Å². The molecule has 1 nitrogen and oxygen atoms in total. The number of halogens is 3. The van der Waals surface area contributed by atoms with Gasteiger partial charge in [-0.2, -0.15) is 0 Å². The van der Waals surface area contributed by atoms with Crippen molar-refractivity contribution in [3.8, 4) is 5.75 Å². The maximum atomic E-state index is 12.9. The minimum Gasteiger partial charge on any atom is -0.489 e. The zero-order valence-corrected chi connectivity index (χ0v) is 11.8. The zero-order valence-electron chi connectivity index (χ0n) is 9.50. The summed E-state index contributed by atoms with van der Waals surface area (Å²) in [5.41, 5.74) is 1.90. The first-order valence-electron chi connectivity index (χ1n) is 5.40. The summed E-state index contributed by atoms with van der Waals surface area (Å²) in [6.07, 6.45) is 0. The lowest BCUT2D eigenvalue weighted by atomic mass is 10.2. The van der Waals surface area contributed by atoms with Gasteiger partial charge < -0.3 is 4.74 Å². The van der Waals surface area contributed by atoms with E-state index in [2.05, 4.69) is 15.9 Å². The molecule has 0 heterocycles. The molecular weight excluding hydrogens is 319 g/mol. The van der Waals surface area contributed by atoms with Crippen molar-refractivity contribution >= 4 is 27.5 Å². The molecule has 0 N–H and O–H groups in total. The van der Waals surface area contributed by atoms with E-state index in [9.17, 15) is 4.39 Å². The molecule has 18 heavy (non-hydrogen) atoms. The fourth-order valence-electron chi connectivity index (χ4n) is 1.52. The molecule has 0 saturated heterocycles. The number of alkyl halides is 1. The second-order valence-electron chi connectivity index (χ2n) is 3.81. The van der Waals surface area contributed by atoms with E-state index in [0.717, 1.165) is 22.2 Å². The Balaban J connectivity index is 2.06. The van der Waals surface area contributed by atoms with Gasteiger partial charge in [0.15, 0.2) is 0 Å². The summed E-state index contributed by atoms with van der Waals surface area (Å²) in [5.74, 6) is 0.428. The lowest BCUT2D eigenvalue weighted by Crippen LogP contribution is -1.97. The van der Waals surface area contributed by atoms with E-state index in [1.807, 2.05) is 24.3 Å². The van der Waals surface area contributed by atoms with E-state index in [1.54, 1.807) is 6.07 Å². The van der Waals surface area contributed by atoms with E-state index in [-0.39, 0.29) is 5.82 Å². The van der Waals surface area contributed by atoms with Crippen LogP contribution in [0.25, 0.3) is 0 Å². The Bertz CT molecular complexity index is 545. The minimum absolute atomic E-state index is 0.324. The lowest BCUT2D eigenvalue weighted by Gasteiger charge is -2.08. The smallest absolute Gasteiger partial charge is 0.124 e. The second kappa shape index (κ2) is 6.21. The molecule has 2 aromatic carbocycles. The highest BCUT2D eigenvalue weighted by Gasteiger charge is 2.03. The molecule has 0 aliphatic carbocycles. The summed E-state index contributed by atoms with van der Waals surface area (Å²) in [4.78, 5) is 0. The first-order chi connectivity index (χ1) is 8.69. The highest BCUT2D eigenvalue weighted by atomic mass is 79.9. The van der Waals surface area contributed by atoms with E-state index in [4.69, 9.17) is 16.3 Å². The maximum absolute atomic E-state index is 12.9. The lowest BCUT2D eigenvalue weighted by molar-refractivity contribution is 0.306. The quantitative estimate of drug-likeness (QED) is 0.721. The summed E-state index contributed by atoms with van der Waals surface area (Å²) < 4.78 is 18.5. The third kappa shape index (κ3) is 3.47. The Morgan fingerprint density at radius 2 is 2.00 bits per heavy atom. The second-order valence-corrected chi connectivity index (χ2v) is 4.77. The fourth-order valence-corrected chi connectivity index (χ4v) is 2.09. The predicted molar refractivity (Wildman–Crippen MR) is 74.8 cm³/mol. The van der Waals surface area contributed by atoms with Crippen LogP contribution >= 0.6 is 27.5 Å². The van der Waals surface area contributed by atoms with Crippen molar-refractivity contribution in [2.45, 2.75) is 11.9 Å². The SMILES string of the molecule is Fc1ccc(COc2cccc(CBr)c2)c(Cl)c1. The molecule has 0 fully saturated rings. The van der Waals surface area contributed by atoms with Crippen LogP contribution in [0.3, 0.4) is 0 Å². The van der Waals surface area contributed by atoms with Gasteiger partial charge >= 0.3 is 0 Å². The standard InChI is InChI=1S/C14H11BrClFO/c15-8-10-2-1-3-13(6-10)18-9-11-4-5-12(17)7-14(11)16/h1-7H,8-9H2. The molecule has 0 aromatic heterocycles. The molecule has 0 unspecified atom stereocenters. The molecule has 0 radical (unpaired) electrons. The Labute approximate surface area is 119 Å². The average molecular weight is 330 g/mol. The molecule has 0 bridgehead atoms. The van der Waals surface area contributed by atoms with Crippen molar-refractivity contribution in [1.82, 2.24) is 0 Å². The van der Waals surface area contributed by atoms with Crippen LogP contribution in [-0.2, 0) is 11.9 Å². The molecule has 0 spiro atoms. The van der Waals surface area contributed by atoms with E-state index < -0.39 is 0 Å².